The fourth-order valence-corrected chi connectivity index (χ4v) is 4.13. The van der Waals surface area contributed by atoms with Crippen molar-refractivity contribution >= 4 is 11.1 Å². The number of rotatable bonds is 3. The molecule has 0 heterocycles. The Morgan fingerprint density at radius 2 is 1.36 bits per heavy atom. The van der Waals surface area contributed by atoms with Crippen molar-refractivity contribution in [2.24, 2.45) is 11.5 Å². The first-order valence-electron chi connectivity index (χ1n) is 9.66. The van der Waals surface area contributed by atoms with Crippen LogP contribution in [0.5, 0.6) is 0 Å². The van der Waals surface area contributed by atoms with Crippen molar-refractivity contribution in [2.75, 3.05) is 0 Å². The summed E-state index contributed by atoms with van der Waals surface area (Å²) in [4.78, 5) is 0. The maximum Gasteiger partial charge on any atom is 0.0944 e. The normalized spacial score (nSPS) is 18.4. The molecule has 0 radical (unpaired) electrons. The minimum atomic E-state index is -0.967. The first-order valence-corrected chi connectivity index (χ1v) is 9.66. The molecule has 0 saturated carbocycles. The highest BCUT2D eigenvalue weighted by molar-refractivity contribution is 6.00. The Morgan fingerprint density at radius 3 is 2.04 bits per heavy atom. The molecule has 2 nitrogen and oxygen atoms in total. The number of benzene rings is 3. The van der Waals surface area contributed by atoms with Crippen molar-refractivity contribution in [3.63, 3.8) is 0 Å². The summed E-state index contributed by atoms with van der Waals surface area (Å²) in [7, 11) is 0. The number of nitrogens with two attached hydrogens (primary N) is 2. The summed E-state index contributed by atoms with van der Waals surface area (Å²) in [6.07, 6.45) is 4.03. The van der Waals surface area contributed by atoms with Crippen LogP contribution in [0.15, 0.2) is 91.0 Å². The smallest absolute Gasteiger partial charge is 0.0944 e. The van der Waals surface area contributed by atoms with Gasteiger partial charge in [-0.05, 0) is 47.8 Å². The van der Waals surface area contributed by atoms with Crippen molar-refractivity contribution in [3.05, 3.63) is 119 Å². The van der Waals surface area contributed by atoms with Crippen molar-refractivity contribution in [1.82, 2.24) is 0 Å². The summed E-state index contributed by atoms with van der Waals surface area (Å²) < 4.78 is 0. The van der Waals surface area contributed by atoms with Crippen LogP contribution in [-0.4, -0.2) is 5.66 Å². The van der Waals surface area contributed by atoms with E-state index in [9.17, 15) is 0 Å². The van der Waals surface area contributed by atoms with Crippen LogP contribution in [0.4, 0.5) is 0 Å². The van der Waals surface area contributed by atoms with E-state index in [2.05, 4.69) is 92.7 Å². The molecule has 2 heteroatoms. The first kappa shape index (κ1) is 18.4. The molecule has 0 bridgehead atoms. The van der Waals surface area contributed by atoms with Crippen molar-refractivity contribution < 1.29 is 0 Å². The van der Waals surface area contributed by atoms with Crippen LogP contribution in [0.2, 0.25) is 0 Å². The largest absolute Gasteiger partial charge is 0.309 e. The number of hydrogen-bond acceptors (Lipinski definition) is 2. The molecule has 3 aromatic carbocycles. The second-order valence-corrected chi connectivity index (χ2v) is 7.74. The second kappa shape index (κ2) is 7.23. The molecule has 28 heavy (non-hydrogen) atoms. The average Bonchev–Trinajstić information content (AvgIpc) is 2.68. The zero-order chi connectivity index (χ0) is 19.7. The zero-order valence-corrected chi connectivity index (χ0v) is 16.4. The van der Waals surface area contributed by atoms with Gasteiger partial charge in [-0.3, -0.25) is 0 Å². The van der Waals surface area contributed by atoms with E-state index in [1.54, 1.807) is 0 Å². The molecule has 1 aliphatic carbocycles. The fraction of sp³-hybridized carbons (Fsp3) is 0.154. The van der Waals surface area contributed by atoms with Gasteiger partial charge >= 0.3 is 0 Å². The Morgan fingerprint density at radius 1 is 0.714 bits per heavy atom. The molecule has 1 aliphatic rings. The molecule has 4 rings (SSSR count). The lowest BCUT2D eigenvalue weighted by Gasteiger charge is -2.38. The van der Waals surface area contributed by atoms with E-state index in [4.69, 9.17) is 11.5 Å². The van der Waals surface area contributed by atoms with E-state index in [-0.39, 0.29) is 5.92 Å². The molecule has 0 spiro atoms. The Labute approximate surface area is 167 Å². The number of aryl methyl sites for hydroxylation is 2. The van der Waals surface area contributed by atoms with Crippen molar-refractivity contribution in [3.8, 4) is 0 Å². The predicted molar refractivity (Wildman–Crippen MR) is 119 cm³/mol. The molecule has 4 N–H and O–H groups in total. The van der Waals surface area contributed by atoms with Gasteiger partial charge in [-0.15, -0.1) is 0 Å². The van der Waals surface area contributed by atoms with Crippen molar-refractivity contribution in [2.45, 2.75) is 25.4 Å². The molecule has 0 aliphatic heterocycles. The van der Waals surface area contributed by atoms with Gasteiger partial charge in [-0.2, -0.15) is 0 Å². The van der Waals surface area contributed by atoms with Gasteiger partial charge in [0.25, 0.3) is 0 Å². The second-order valence-electron chi connectivity index (χ2n) is 7.74. The Hall–Kier alpha value is -2.94. The van der Waals surface area contributed by atoms with Crippen LogP contribution in [0.1, 0.15) is 33.7 Å². The molecule has 0 saturated heterocycles. The van der Waals surface area contributed by atoms with Gasteiger partial charge < -0.3 is 11.5 Å². The van der Waals surface area contributed by atoms with Gasteiger partial charge in [0, 0.05) is 5.92 Å². The summed E-state index contributed by atoms with van der Waals surface area (Å²) in [6.45, 7) is 4.22. The van der Waals surface area contributed by atoms with Gasteiger partial charge in [0.2, 0.25) is 0 Å². The third kappa shape index (κ3) is 3.45. The van der Waals surface area contributed by atoms with Gasteiger partial charge in [0.05, 0.1) is 5.66 Å². The molecule has 3 aromatic rings. The summed E-state index contributed by atoms with van der Waals surface area (Å²) in [6, 6.07) is 27.5. The lowest BCUT2D eigenvalue weighted by atomic mass is 9.71. The highest BCUT2D eigenvalue weighted by Gasteiger charge is 2.37. The monoisotopic (exact) mass is 366 g/mol. The Balaban J connectivity index is 2.03. The SMILES string of the molecule is Cc1cccc(C2=C(c3ccccc3)C=CC(N)(N)C2c2cccc(C)c2)c1. The highest BCUT2D eigenvalue weighted by Crippen LogP contribution is 2.46. The zero-order valence-electron chi connectivity index (χ0n) is 16.4. The van der Waals surface area contributed by atoms with Crippen LogP contribution in [-0.2, 0) is 0 Å². The third-order valence-electron chi connectivity index (χ3n) is 5.41. The van der Waals surface area contributed by atoms with Gasteiger partial charge in [-0.25, -0.2) is 0 Å². The quantitative estimate of drug-likeness (QED) is 0.627. The standard InChI is InChI=1S/C26H26N2/c1-18-8-6-12-21(16-18)24-23(20-10-4-3-5-11-20)14-15-26(27,28)25(24)22-13-7-9-19(2)17-22/h3-17,25H,27-28H2,1-2H3. The molecular weight excluding hydrogens is 340 g/mol. The van der Waals surface area contributed by atoms with Crippen LogP contribution in [0.3, 0.4) is 0 Å². The van der Waals surface area contributed by atoms with Gasteiger partial charge in [0.15, 0.2) is 0 Å². The minimum Gasteiger partial charge on any atom is -0.309 e. The highest BCUT2D eigenvalue weighted by atomic mass is 15.0. The summed E-state index contributed by atoms with van der Waals surface area (Å²) in [5.74, 6) is -0.144. The van der Waals surface area contributed by atoms with Gasteiger partial charge in [-0.1, -0.05) is 96.1 Å². The van der Waals surface area contributed by atoms with E-state index >= 15 is 0 Å². The van der Waals surface area contributed by atoms with E-state index in [1.165, 1.54) is 27.8 Å². The Bertz CT molecular complexity index is 1060. The van der Waals surface area contributed by atoms with Crippen LogP contribution >= 0.6 is 0 Å². The van der Waals surface area contributed by atoms with E-state index in [0.717, 1.165) is 11.1 Å². The molecule has 0 fully saturated rings. The predicted octanol–water partition coefficient (Wildman–Crippen LogP) is 5.18. The maximum atomic E-state index is 6.67. The number of hydrogen-bond donors (Lipinski definition) is 2. The van der Waals surface area contributed by atoms with E-state index in [1.807, 2.05) is 12.1 Å². The van der Waals surface area contributed by atoms with Crippen LogP contribution in [0, 0.1) is 13.8 Å². The van der Waals surface area contributed by atoms with E-state index in [0.29, 0.717) is 0 Å². The third-order valence-corrected chi connectivity index (χ3v) is 5.41. The van der Waals surface area contributed by atoms with Crippen LogP contribution < -0.4 is 11.5 Å². The molecule has 1 unspecified atom stereocenters. The molecule has 0 amide bonds. The summed E-state index contributed by atoms with van der Waals surface area (Å²) >= 11 is 0. The lowest BCUT2D eigenvalue weighted by molar-refractivity contribution is 0.503. The number of allylic oxidation sites excluding steroid dienone is 2. The topological polar surface area (TPSA) is 52.0 Å². The van der Waals surface area contributed by atoms with Gasteiger partial charge in [0.1, 0.15) is 0 Å². The fourth-order valence-electron chi connectivity index (χ4n) is 4.13. The minimum absolute atomic E-state index is 0.144. The molecule has 140 valence electrons. The first-order chi connectivity index (χ1) is 13.5. The average molecular weight is 367 g/mol. The Kier molecular flexibility index (Phi) is 4.76. The summed E-state index contributed by atoms with van der Waals surface area (Å²) in [5.41, 5.74) is 20.6. The molecule has 0 aromatic heterocycles. The summed E-state index contributed by atoms with van der Waals surface area (Å²) in [5, 5.41) is 0. The lowest BCUT2D eigenvalue weighted by Crippen LogP contribution is -2.54. The maximum absolute atomic E-state index is 6.67. The molecular formula is C26H26N2. The van der Waals surface area contributed by atoms with E-state index < -0.39 is 5.66 Å². The van der Waals surface area contributed by atoms with Crippen molar-refractivity contribution in [1.29, 1.82) is 0 Å². The van der Waals surface area contributed by atoms with Crippen LogP contribution in [0.25, 0.3) is 11.1 Å². The molecule has 1 atom stereocenters.